The van der Waals surface area contributed by atoms with Gasteiger partial charge in [0.2, 0.25) is 0 Å². The number of thiophene rings is 1. The van der Waals surface area contributed by atoms with Crippen molar-refractivity contribution < 1.29 is 4.79 Å². The zero-order valence-corrected chi connectivity index (χ0v) is 11.8. The summed E-state index contributed by atoms with van der Waals surface area (Å²) in [7, 11) is 0. The predicted octanol–water partition coefficient (Wildman–Crippen LogP) is 2.36. The van der Waals surface area contributed by atoms with E-state index in [4.69, 9.17) is 11.6 Å². The van der Waals surface area contributed by atoms with Gasteiger partial charge in [-0.1, -0.05) is 11.6 Å². The molecule has 5 heteroatoms. The van der Waals surface area contributed by atoms with E-state index in [9.17, 15) is 4.79 Å². The van der Waals surface area contributed by atoms with E-state index in [1.807, 2.05) is 6.07 Å². The fourth-order valence-electron chi connectivity index (χ4n) is 2.47. The van der Waals surface area contributed by atoms with Crippen LogP contribution < -0.4 is 0 Å². The summed E-state index contributed by atoms with van der Waals surface area (Å²) in [5.74, 6) is 0.201. The Morgan fingerprint density at radius 1 is 1.28 bits per heavy atom. The second kappa shape index (κ2) is 5.29. The predicted molar refractivity (Wildman–Crippen MR) is 74.7 cm³/mol. The van der Waals surface area contributed by atoms with Crippen molar-refractivity contribution in [2.24, 2.45) is 0 Å². The van der Waals surface area contributed by atoms with Crippen LogP contribution in [0, 0.1) is 0 Å². The van der Waals surface area contributed by atoms with Crippen LogP contribution in [0.25, 0.3) is 0 Å². The average Bonchev–Trinajstić information content (AvgIpc) is 3.12. The van der Waals surface area contributed by atoms with Gasteiger partial charge in [-0.05, 0) is 25.0 Å². The Bertz CT molecular complexity index is 436. The number of piperazine rings is 1. The maximum Gasteiger partial charge on any atom is 0.186 e. The smallest absolute Gasteiger partial charge is 0.186 e. The fourth-order valence-corrected chi connectivity index (χ4v) is 3.44. The lowest BCUT2D eigenvalue weighted by molar-refractivity contribution is 0.0847. The largest absolute Gasteiger partial charge is 0.298 e. The molecule has 3 nitrogen and oxygen atoms in total. The lowest BCUT2D eigenvalue weighted by atomic mass is 10.2. The molecule has 2 fully saturated rings. The van der Waals surface area contributed by atoms with Crippen LogP contribution in [0.3, 0.4) is 0 Å². The molecule has 18 heavy (non-hydrogen) atoms. The zero-order chi connectivity index (χ0) is 12.5. The molecule has 0 aromatic carbocycles. The third-order valence-corrected chi connectivity index (χ3v) is 4.96. The highest BCUT2D eigenvalue weighted by Crippen LogP contribution is 2.27. The first kappa shape index (κ1) is 12.6. The van der Waals surface area contributed by atoms with Crippen molar-refractivity contribution in [3.8, 4) is 0 Å². The summed E-state index contributed by atoms with van der Waals surface area (Å²) < 4.78 is 0.692. The summed E-state index contributed by atoms with van der Waals surface area (Å²) in [6.45, 7) is 4.80. The topological polar surface area (TPSA) is 23.6 Å². The molecule has 0 radical (unpaired) electrons. The Kier molecular flexibility index (Phi) is 3.71. The maximum absolute atomic E-state index is 12.1. The number of nitrogens with zero attached hydrogens (tertiary/aromatic N) is 2. The molecule has 1 saturated heterocycles. The second-order valence-electron chi connectivity index (χ2n) is 5.07. The number of carbonyl (C=O) groups excluding carboxylic acids is 1. The van der Waals surface area contributed by atoms with Crippen LogP contribution in [0.4, 0.5) is 0 Å². The lowest BCUT2D eigenvalue weighted by Gasteiger charge is -2.34. The van der Waals surface area contributed by atoms with Gasteiger partial charge >= 0.3 is 0 Å². The highest BCUT2D eigenvalue weighted by molar-refractivity contribution is 7.18. The van der Waals surface area contributed by atoms with Crippen LogP contribution in [-0.4, -0.2) is 54.3 Å². The minimum absolute atomic E-state index is 0.201. The molecule has 98 valence electrons. The Labute approximate surface area is 116 Å². The number of ketones is 1. The van der Waals surface area contributed by atoms with Crippen molar-refractivity contribution in [3.05, 3.63) is 21.3 Å². The van der Waals surface area contributed by atoms with Gasteiger partial charge in [-0.15, -0.1) is 11.3 Å². The molecule has 1 saturated carbocycles. The lowest BCUT2D eigenvalue weighted by Crippen LogP contribution is -2.48. The molecule has 2 heterocycles. The number of hydrogen-bond acceptors (Lipinski definition) is 4. The normalized spacial score (nSPS) is 22.3. The van der Waals surface area contributed by atoms with Gasteiger partial charge in [-0.2, -0.15) is 0 Å². The Morgan fingerprint density at radius 3 is 2.56 bits per heavy atom. The van der Waals surface area contributed by atoms with Crippen molar-refractivity contribution in [2.75, 3.05) is 32.7 Å². The number of hydrogen-bond donors (Lipinski definition) is 0. The molecule has 0 unspecified atom stereocenters. The molecular formula is C13H17ClN2OS. The van der Waals surface area contributed by atoms with Crippen LogP contribution in [-0.2, 0) is 0 Å². The van der Waals surface area contributed by atoms with Crippen LogP contribution in [0.1, 0.15) is 22.5 Å². The maximum atomic E-state index is 12.1. The molecule has 3 rings (SSSR count). The minimum atomic E-state index is 0.201. The first-order valence-corrected chi connectivity index (χ1v) is 7.67. The molecule has 0 atom stereocenters. The SMILES string of the molecule is O=C(CN1CCN(C2CC2)CC1)c1ccc(Cl)s1. The van der Waals surface area contributed by atoms with Gasteiger partial charge in [0.05, 0.1) is 15.8 Å². The molecule has 1 aromatic heterocycles. The van der Waals surface area contributed by atoms with Crippen molar-refractivity contribution in [1.82, 2.24) is 9.80 Å². The average molecular weight is 285 g/mol. The van der Waals surface area contributed by atoms with Gasteiger partial charge in [-0.25, -0.2) is 0 Å². The van der Waals surface area contributed by atoms with Crippen molar-refractivity contribution >= 4 is 28.7 Å². The summed E-state index contributed by atoms with van der Waals surface area (Å²) in [6.07, 6.45) is 2.74. The highest BCUT2D eigenvalue weighted by atomic mass is 35.5. The fraction of sp³-hybridized carbons (Fsp3) is 0.615. The van der Waals surface area contributed by atoms with Gasteiger partial charge in [0.1, 0.15) is 0 Å². The summed E-state index contributed by atoms with van der Waals surface area (Å²) in [5, 5.41) is 0. The van der Waals surface area contributed by atoms with E-state index in [0.29, 0.717) is 10.9 Å². The van der Waals surface area contributed by atoms with Crippen molar-refractivity contribution in [3.63, 3.8) is 0 Å². The minimum Gasteiger partial charge on any atom is -0.298 e. The molecule has 1 aliphatic heterocycles. The first-order chi connectivity index (χ1) is 8.72. The third-order valence-electron chi connectivity index (χ3n) is 3.69. The van der Waals surface area contributed by atoms with E-state index in [-0.39, 0.29) is 5.78 Å². The van der Waals surface area contributed by atoms with Crippen LogP contribution in [0.5, 0.6) is 0 Å². The Morgan fingerprint density at radius 2 is 2.00 bits per heavy atom. The monoisotopic (exact) mass is 284 g/mol. The van der Waals surface area contributed by atoms with Crippen molar-refractivity contribution in [1.29, 1.82) is 0 Å². The molecule has 0 bridgehead atoms. The summed E-state index contributed by atoms with van der Waals surface area (Å²) >= 11 is 7.23. The first-order valence-electron chi connectivity index (χ1n) is 6.47. The Hall–Kier alpha value is -0.420. The number of rotatable bonds is 4. The van der Waals surface area contributed by atoms with E-state index in [2.05, 4.69) is 9.80 Å². The highest BCUT2D eigenvalue weighted by Gasteiger charge is 2.31. The van der Waals surface area contributed by atoms with E-state index in [0.717, 1.165) is 37.1 Å². The van der Waals surface area contributed by atoms with Crippen LogP contribution in [0.15, 0.2) is 12.1 Å². The molecule has 0 amide bonds. The summed E-state index contributed by atoms with van der Waals surface area (Å²) in [4.78, 5) is 17.6. The second-order valence-corrected chi connectivity index (χ2v) is 6.79. The van der Waals surface area contributed by atoms with Gasteiger partial charge in [0, 0.05) is 32.2 Å². The summed E-state index contributed by atoms with van der Waals surface area (Å²) in [5.41, 5.74) is 0. The molecule has 2 aliphatic rings. The number of carbonyl (C=O) groups is 1. The van der Waals surface area contributed by atoms with Crippen molar-refractivity contribution in [2.45, 2.75) is 18.9 Å². The van der Waals surface area contributed by atoms with Gasteiger partial charge in [-0.3, -0.25) is 14.6 Å². The van der Waals surface area contributed by atoms with E-state index in [1.54, 1.807) is 6.07 Å². The third kappa shape index (κ3) is 2.94. The quantitative estimate of drug-likeness (QED) is 0.793. The van der Waals surface area contributed by atoms with Gasteiger partial charge in [0.15, 0.2) is 5.78 Å². The van der Waals surface area contributed by atoms with Gasteiger partial charge in [0.25, 0.3) is 0 Å². The Balaban J connectivity index is 1.50. The molecule has 1 aromatic rings. The molecule has 0 N–H and O–H groups in total. The van der Waals surface area contributed by atoms with Gasteiger partial charge < -0.3 is 0 Å². The number of Topliss-reactive ketones (excluding diaryl/α,β-unsaturated/α-hetero) is 1. The molecular weight excluding hydrogens is 268 g/mol. The molecule has 1 aliphatic carbocycles. The van der Waals surface area contributed by atoms with Crippen LogP contribution >= 0.6 is 22.9 Å². The molecule has 0 spiro atoms. The standard InChI is InChI=1S/C13H17ClN2OS/c14-13-4-3-12(18-13)11(17)9-15-5-7-16(8-6-15)10-1-2-10/h3-4,10H,1-2,5-9H2. The van der Waals surface area contributed by atoms with E-state index >= 15 is 0 Å². The zero-order valence-electron chi connectivity index (χ0n) is 10.3. The van der Waals surface area contributed by atoms with E-state index in [1.165, 1.54) is 24.2 Å². The van der Waals surface area contributed by atoms with E-state index < -0.39 is 0 Å². The number of halogens is 1. The summed E-state index contributed by atoms with van der Waals surface area (Å²) in [6, 6.07) is 4.47. The van der Waals surface area contributed by atoms with Crippen LogP contribution in [0.2, 0.25) is 4.34 Å².